The first-order chi connectivity index (χ1) is 15.0. The Kier molecular flexibility index (Phi) is 5.93. The van der Waals surface area contributed by atoms with E-state index >= 15 is 0 Å². The fourth-order valence-electron chi connectivity index (χ4n) is 4.20. The summed E-state index contributed by atoms with van der Waals surface area (Å²) in [5.74, 6) is -1.28. The summed E-state index contributed by atoms with van der Waals surface area (Å²) in [5, 5.41) is 11.5. The highest BCUT2D eigenvalue weighted by molar-refractivity contribution is 5.86. The summed E-state index contributed by atoms with van der Waals surface area (Å²) in [6, 6.07) is 15.4. The number of fused-ring (bicyclic) bond motifs is 3. The molecule has 2 N–H and O–H groups in total. The van der Waals surface area contributed by atoms with Crippen LogP contribution in [0, 0.1) is 0 Å². The molecule has 0 unspecified atom stereocenters. The van der Waals surface area contributed by atoms with Crippen LogP contribution in [0.3, 0.4) is 0 Å². The van der Waals surface area contributed by atoms with Gasteiger partial charge in [-0.05, 0) is 42.0 Å². The van der Waals surface area contributed by atoms with Crippen molar-refractivity contribution < 1.29 is 24.2 Å². The predicted molar refractivity (Wildman–Crippen MR) is 115 cm³/mol. The molecule has 31 heavy (non-hydrogen) atoms. The van der Waals surface area contributed by atoms with E-state index in [0.29, 0.717) is 0 Å². The van der Waals surface area contributed by atoms with E-state index in [4.69, 9.17) is 9.84 Å². The first-order valence-electron chi connectivity index (χ1n) is 10.6. The Hall–Kier alpha value is -3.35. The SMILES string of the molecule is C[C@@H](NC(=O)OCC1c2ccccc2-c2ccccc21)C(=O)N(CCC(=O)O)C1CC1. The van der Waals surface area contributed by atoms with Gasteiger partial charge in [-0.3, -0.25) is 9.59 Å². The maximum atomic E-state index is 12.7. The first-order valence-corrected chi connectivity index (χ1v) is 10.6. The Balaban J connectivity index is 1.36. The number of carboxylic acids is 1. The number of hydrogen-bond acceptors (Lipinski definition) is 4. The lowest BCUT2D eigenvalue weighted by atomic mass is 9.98. The topological polar surface area (TPSA) is 95.9 Å². The van der Waals surface area contributed by atoms with Gasteiger partial charge in [-0.25, -0.2) is 4.79 Å². The number of amides is 2. The number of benzene rings is 2. The van der Waals surface area contributed by atoms with Gasteiger partial charge in [0.05, 0.1) is 6.42 Å². The highest BCUT2D eigenvalue weighted by Crippen LogP contribution is 2.44. The molecule has 1 saturated carbocycles. The number of ether oxygens (including phenoxy) is 1. The Morgan fingerprint density at radius 3 is 2.19 bits per heavy atom. The minimum absolute atomic E-state index is 0.0531. The molecule has 7 nitrogen and oxygen atoms in total. The van der Waals surface area contributed by atoms with Crippen LogP contribution in [-0.2, 0) is 14.3 Å². The van der Waals surface area contributed by atoms with Crippen LogP contribution in [0.15, 0.2) is 48.5 Å². The van der Waals surface area contributed by atoms with Crippen LogP contribution >= 0.6 is 0 Å². The summed E-state index contributed by atoms with van der Waals surface area (Å²) in [6.45, 7) is 1.92. The molecule has 2 aliphatic carbocycles. The molecular formula is C24H26N2O5. The third-order valence-electron chi connectivity index (χ3n) is 5.89. The van der Waals surface area contributed by atoms with Crippen LogP contribution in [0.4, 0.5) is 4.79 Å². The van der Waals surface area contributed by atoms with Crippen molar-refractivity contribution in [3.05, 3.63) is 59.7 Å². The van der Waals surface area contributed by atoms with Crippen molar-refractivity contribution in [2.24, 2.45) is 0 Å². The van der Waals surface area contributed by atoms with Crippen LogP contribution in [-0.4, -0.2) is 53.2 Å². The van der Waals surface area contributed by atoms with Crippen LogP contribution in [0.1, 0.15) is 43.2 Å². The van der Waals surface area contributed by atoms with Crippen molar-refractivity contribution in [2.45, 2.75) is 44.2 Å². The average Bonchev–Trinajstić information content (AvgIpc) is 3.54. The highest BCUT2D eigenvalue weighted by atomic mass is 16.5. The third kappa shape index (κ3) is 4.55. The maximum absolute atomic E-state index is 12.7. The zero-order chi connectivity index (χ0) is 22.0. The fourth-order valence-corrected chi connectivity index (χ4v) is 4.20. The van der Waals surface area contributed by atoms with E-state index in [1.165, 1.54) is 0 Å². The van der Waals surface area contributed by atoms with E-state index < -0.39 is 18.1 Å². The number of carboxylic acid groups (broad SMARTS) is 1. The molecule has 0 bridgehead atoms. The average molecular weight is 422 g/mol. The number of alkyl carbamates (subject to hydrolysis) is 1. The Morgan fingerprint density at radius 2 is 1.65 bits per heavy atom. The molecular weight excluding hydrogens is 396 g/mol. The van der Waals surface area contributed by atoms with Gasteiger partial charge in [0, 0.05) is 18.5 Å². The standard InChI is InChI=1S/C24H26N2O5/c1-15(23(29)26(16-10-11-16)13-12-22(27)28)25-24(30)31-14-21-19-8-4-2-6-17(19)18-7-3-5-9-20(18)21/h2-9,15-16,21H,10-14H2,1H3,(H,25,30)(H,27,28)/t15-/m1/s1. The van der Waals surface area contributed by atoms with Gasteiger partial charge in [-0.2, -0.15) is 0 Å². The lowest BCUT2D eigenvalue weighted by Gasteiger charge is -2.25. The summed E-state index contributed by atoms with van der Waals surface area (Å²) in [7, 11) is 0. The van der Waals surface area contributed by atoms with Crippen LogP contribution in [0.5, 0.6) is 0 Å². The van der Waals surface area contributed by atoms with E-state index in [2.05, 4.69) is 17.4 Å². The summed E-state index contributed by atoms with van der Waals surface area (Å²) in [4.78, 5) is 37.6. The summed E-state index contributed by atoms with van der Waals surface area (Å²) < 4.78 is 5.50. The van der Waals surface area contributed by atoms with E-state index in [-0.39, 0.29) is 37.4 Å². The third-order valence-corrected chi connectivity index (χ3v) is 5.89. The van der Waals surface area contributed by atoms with Gasteiger partial charge in [-0.1, -0.05) is 48.5 Å². The Morgan fingerprint density at radius 1 is 1.06 bits per heavy atom. The van der Waals surface area contributed by atoms with E-state index in [0.717, 1.165) is 35.1 Å². The molecule has 162 valence electrons. The molecule has 1 atom stereocenters. The number of carbonyl (C=O) groups is 3. The van der Waals surface area contributed by atoms with Gasteiger partial charge >= 0.3 is 12.1 Å². The molecule has 0 spiro atoms. The molecule has 2 aliphatic rings. The number of nitrogens with one attached hydrogen (secondary N) is 1. The number of nitrogens with zero attached hydrogens (tertiary/aromatic N) is 1. The molecule has 0 saturated heterocycles. The van der Waals surface area contributed by atoms with Crippen LogP contribution < -0.4 is 5.32 Å². The molecule has 0 radical (unpaired) electrons. The van der Waals surface area contributed by atoms with Crippen molar-refractivity contribution in [1.29, 1.82) is 0 Å². The molecule has 0 heterocycles. The van der Waals surface area contributed by atoms with Crippen molar-refractivity contribution >= 4 is 18.0 Å². The molecule has 0 aliphatic heterocycles. The summed E-state index contributed by atoms with van der Waals surface area (Å²) in [5.41, 5.74) is 4.53. The van der Waals surface area contributed by atoms with Gasteiger partial charge < -0.3 is 20.1 Å². The molecule has 7 heteroatoms. The van der Waals surface area contributed by atoms with Gasteiger partial charge in [0.15, 0.2) is 0 Å². The molecule has 2 aromatic rings. The van der Waals surface area contributed by atoms with Crippen molar-refractivity contribution in [3.8, 4) is 11.1 Å². The predicted octanol–water partition coefficient (Wildman–Crippen LogP) is 3.38. The monoisotopic (exact) mass is 422 g/mol. The Labute approximate surface area is 181 Å². The zero-order valence-electron chi connectivity index (χ0n) is 17.4. The molecule has 1 fully saturated rings. The second-order valence-corrected chi connectivity index (χ2v) is 8.10. The fraction of sp³-hybridized carbons (Fsp3) is 0.375. The first kappa shape index (κ1) is 20.9. The smallest absolute Gasteiger partial charge is 0.407 e. The minimum atomic E-state index is -0.949. The number of aliphatic carboxylic acids is 1. The van der Waals surface area contributed by atoms with Crippen molar-refractivity contribution in [3.63, 3.8) is 0 Å². The second kappa shape index (κ2) is 8.79. The molecule has 4 rings (SSSR count). The number of hydrogen-bond donors (Lipinski definition) is 2. The lowest BCUT2D eigenvalue weighted by Crippen LogP contribution is -2.48. The lowest BCUT2D eigenvalue weighted by molar-refractivity contribution is -0.139. The number of rotatable bonds is 8. The van der Waals surface area contributed by atoms with Crippen molar-refractivity contribution in [2.75, 3.05) is 13.2 Å². The van der Waals surface area contributed by atoms with E-state index in [1.54, 1.807) is 11.8 Å². The Bertz CT molecular complexity index is 955. The zero-order valence-corrected chi connectivity index (χ0v) is 17.4. The summed E-state index contributed by atoms with van der Waals surface area (Å²) >= 11 is 0. The maximum Gasteiger partial charge on any atom is 0.407 e. The van der Waals surface area contributed by atoms with Gasteiger partial charge in [-0.15, -0.1) is 0 Å². The summed E-state index contributed by atoms with van der Waals surface area (Å²) in [6.07, 6.45) is 0.961. The van der Waals surface area contributed by atoms with Gasteiger partial charge in [0.25, 0.3) is 0 Å². The minimum Gasteiger partial charge on any atom is -0.481 e. The van der Waals surface area contributed by atoms with E-state index in [1.807, 2.05) is 36.4 Å². The highest BCUT2D eigenvalue weighted by Gasteiger charge is 2.35. The van der Waals surface area contributed by atoms with E-state index in [9.17, 15) is 14.4 Å². The van der Waals surface area contributed by atoms with Crippen molar-refractivity contribution in [1.82, 2.24) is 10.2 Å². The quantitative estimate of drug-likeness (QED) is 0.680. The normalized spacial score (nSPS) is 15.5. The van der Waals surface area contributed by atoms with Gasteiger partial charge in [0.1, 0.15) is 12.6 Å². The van der Waals surface area contributed by atoms with Crippen LogP contribution in [0.25, 0.3) is 11.1 Å². The number of carbonyl (C=O) groups excluding carboxylic acids is 2. The molecule has 2 aromatic carbocycles. The largest absolute Gasteiger partial charge is 0.481 e. The molecule has 2 amide bonds. The van der Waals surface area contributed by atoms with Crippen LogP contribution in [0.2, 0.25) is 0 Å². The van der Waals surface area contributed by atoms with Gasteiger partial charge in [0.2, 0.25) is 5.91 Å². The second-order valence-electron chi connectivity index (χ2n) is 8.10. The molecule has 0 aromatic heterocycles.